The molecule has 0 N–H and O–H groups in total. The van der Waals surface area contributed by atoms with Crippen LogP contribution in [-0.4, -0.2) is 0 Å². The lowest BCUT2D eigenvalue weighted by Crippen LogP contribution is -2.09. The molecule has 23 heavy (non-hydrogen) atoms. The average Bonchev–Trinajstić information content (AvgIpc) is 2.54. The van der Waals surface area contributed by atoms with Gasteiger partial charge in [-0.25, -0.2) is 0 Å². The van der Waals surface area contributed by atoms with Crippen molar-refractivity contribution in [3.63, 3.8) is 0 Å². The fraction of sp³-hybridized carbons (Fsp3) is 0.227. The second-order valence-electron chi connectivity index (χ2n) is 6.44. The lowest BCUT2D eigenvalue weighted by molar-refractivity contribution is 0.844. The summed E-state index contributed by atoms with van der Waals surface area (Å²) in [5.41, 5.74) is 9.39. The molecule has 2 aromatic carbocycles. The molecular weight excluding hydrogens is 278 g/mol. The van der Waals surface area contributed by atoms with Crippen LogP contribution in [-0.2, 0) is 6.42 Å². The second kappa shape index (κ2) is 5.89. The Morgan fingerprint density at radius 3 is 2.65 bits per heavy atom. The van der Waals surface area contributed by atoms with Crippen molar-refractivity contribution in [2.45, 2.75) is 33.1 Å². The third-order valence-electron chi connectivity index (χ3n) is 4.87. The SMILES string of the molecule is C=C1C=C(C(C)c2ccc(C)c(C#N)c2)Cc2cccc(C)c21. The van der Waals surface area contributed by atoms with Gasteiger partial charge in [0, 0.05) is 5.92 Å². The Hall–Kier alpha value is -2.59. The summed E-state index contributed by atoms with van der Waals surface area (Å²) in [6.07, 6.45) is 3.18. The zero-order valence-corrected chi connectivity index (χ0v) is 14.0. The first-order valence-corrected chi connectivity index (χ1v) is 8.00. The van der Waals surface area contributed by atoms with Crippen molar-refractivity contribution in [3.8, 4) is 6.07 Å². The number of nitriles is 1. The fourth-order valence-corrected chi connectivity index (χ4v) is 3.42. The average molecular weight is 299 g/mol. The molecule has 0 bridgehead atoms. The van der Waals surface area contributed by atoms with Crippen LogP contribution in [0.25, 0.3) is 5.57 Å². The molecule has 0 heterocycles. The highest BCUT2D eigenvalue weighted by molar-refractivity contribution is 5.80. The minimum atomic E-state index is 0.285. The van der Waals surface area contributed by atoms with E-state index in [9.17, 15) is 5.26 Å². The minimum absolute atomic E-state index is 0.285. The van der Waals surface area contributed by atoms with Crippen molar-refractivity contribution >= 4 is 5.57 Å². The molecule has 1 atom stereocenters. The summed E-state index contributed by atoms with van der Waals surface area (Å²) in [6.45, 7) is 10.6. The Bertz CT molecular complexity index is 862. The Labute approximate surface area is 138 Å². The van der Waals surface area contributed by atoms with Gasteiger partial charge in [-0.2, -0.15) is 5.26 Å². The van der Waals surface area contributed by atoms with Gasteiger partial charge < -0.3 is 0 Å². The Morgan fingerprint density at radius 1 is 1.13 bits per heavy atom. The van der Waals surface area contributed by atoms with Crippen molar-refractivity contribution < 1.29 is 0 Å². The Morgan fingerprint density at radius 2 is 1.91 bits per heavy atom. The van der Waals surface area contributed by atoms with Gasteiger partial charge in [0.1, 0.15) is 0 Å². The predicted octanol–water partition coefficient (Wildman–Crippen LogP) is 5.47. The van der Waals surface area contributed by atoms with Gasteiger partial charge in [0.2, 0.25) is 0 Å². The van der Waals surface area contributed by atoms with Gasteiger partial charge in [0.15, 0.2) is 0 Å². The first-order chi connectivity index (χ1) is 11.0. The summed E-state index contributed by atoms with van der Waals surface area (Å²) in [5.74, 6) is 0.285. The van der Waals surface area contributed by atoms with Crippen molar-refractivity contribution in [1.82, 2.24) is 0 Å². The number of hydrogen-bond donors (Lipinski definition) is 0. The highest BCUT2D eigenvalue weighted by Crippen LogP contribution is 2.37. The van der Waals surface area contributed by atoms with Crippen LogP contribution in [0.15, 0.2) is 54.6 Å². The minimum Gasteiger partial charge on any atom is -0.192 e. The largest absolute Gasteiger partial charge is 0.192 e. The molecule has 0 amide bonds. The maximum Gasteiger partial charge on any atom is 0.0994 e. The number of rotatable bonds is 2. The van der Waals surface area contributed by atoms with Crippen LogP contribution in [0.3, 0.4) is 0 Å². The first kappa shape index (κ1) is 15.3. The molecule has 0 saturated carbocycles. The number of fused-ring (bicyclic) bond motifs is 1. The standard InChI is InChI=1S/C22H21N/c1-14-8-9-18(11-21(14)13-23)17(4)20-10-16(3)22-15(2)6-5-7-19(22)12-20/h5-11,17H,3,12H2,1-2,4H3. The summed E-state index contributed by atoms with van der Waals surface area (Å²) in [7, 11) is 0. The molecule has 1 unspecified atom stereocenters. The first-order valence-electron chi connectivity index (χ1n) is 8.00. The highest BCUT2D eigenvalue weighted by atomic mass is 14.3. The molecule has 1 nitrogen and oxygen atoms in total. The molecule has 0 aliphatic heterocycles. The summed E-state index contributed by atoms with van der Waals surface area (Å²) >= 11 is 0. The van der Waals surface area contributed by atoms with E-state index in [4.69, 9.17) is 0 Å². The van der Waals surface area contributed by atoms with Crippen LogP contribution in [0.1, 0.15) is 46.2 Å². The maximum absolute atomic E-state index is 9.26. The number of benzene rings is 2. The quantitative estimate of drug-likeness (QED) is 0.721. The van der Waals surface area contributed by atoms with Crippen LogP contribution >= 0.6 is 0 Å². The monoisotopic (exact) mass is 299 g/mol. The molecule has 1 aliphatic rings. The van der Waals surface area contributed by atoms with E-state index in [1.165, 1.54) is 27.8 Å². The number of aryl methyl sites for hydroxylation is 2. The predicted molar refractivity (Wildman–Crippen MR) is 96.3 cm³/mol. The molecule has 0 aromatic heterocycles. The Balaban J connectivity index is 1.98. The highest BCUT2D eigenvalue weighted by Gasteiger charge is 2.20. The Kier molecular flexibility index (Phi) is 3.92. The van der Waals surface area contributed by atoms with E-state index in [1.807, 2.05) is 19.1 Å². The van der Waals surface area contributed by atoms with E-state index in [2.05, 4.69) is 56.8 Å². The van der Waals surface area contributed by atoms with Crippen molar-refractivity contribution in [3.05, 3.63) is 88.0 Å². The number of nitrogens with zero attached hydrogens (tertiary/aromatic N) is 1. The molecule has 0 spiro atoms. The molecule has 0 radical (unpaired) electrons. The summed E-state index contributed by atoms with van der Waals surface area (Å²) in [5, 5.41) is 9.26. The molecule has 1 heteroatoms. The van der Waals surface area contributed by atoms with E-state index < -0.39 is 0 Å². The smallest absolute Gasteiger partial charge is 0.0994 e. The molecule has 1 aliphatic carbocycles. The molecule has 0 saturated heterocycles. The second-order valence-corrected chi connectivity index (χ2v) is 6.44. The molecule has 114 valence electrons. The van der Waals surface area contributed by atoms with E-state index >= 15 is 0 Å². The van der Waals surface area contributed by atoms with Crippen LogP contribution in [0.2, 0.25) is 0 Å². The number of hydrogen-bond acceptors (Lipinski definition) is 1. The van der Waals surface area contributed by atoms with Gasteiger partial charge in [-0.15, -0.1) is 0 Å². The molecule has 2 aromatic rings. The van der Waals surface area contributed by atoms with Crippen LogP contribution < -0.4 is 0 Å². The number of allylic oxidation sites excluding steroid dienone is 3. The maximum atomic E-state index is 9.26. The van der Waals surface area contributed by atoms with Gasteiger partial charge in [0.05, 0.1) is 11.6 Å². The van der Waals surface area contributed by atoms with Crippen LogP contribution in [0.5, 0.6) is 0 Å². The van der Waals surface area contributed by atoms with E-state index in [-0.39, 0.29) is 5.92 Å². The van der Waals surface area contributed by atoms with Gasteiger partial charge in [-0.1, -0.05) is 55.5 Å². The normalized spacial score (nSPS) is 14.7. The summed E-state index contributed by atoms with van der Waals surface area (Å²) < 4.78 is 0. The molecular formula is C22H21N. The zero-order valence-electron chi connectivity index (χ0n) is 14.0. The third-order valence-corrected chi connectivity index (χ3v) is 4.87. The van der Waals surface area contributed by atoms with E-state index in [0.717, 1.165) is 23.1 Å². The van der Waals surface area contributed by atoms with Gasteiger partial charge >= 0.3 is 0 Å². The fourth-order valence-electron chi connectivity index (χ4n) is 3.42. The summed E-state index contributed by atoms with van der Waals surface area (Å²) in [6, 6.07) is 15.0. The van der Waals surface area contributed by atoms with Gasteiger partial charge in [-0.05, 0) is 59.7 Å². The van der Waals surface area contributed by atoms with Gasteiger partial charge in [0.25, 0.3) is 0 Å². The molecule has 0 fully saturated rings. The lowest BCUT2D eigenvalue weighted by atomic mass is 9.79. The third kappa shape index (κ3) is 2.73. The van der Waals surface area contributed by atoms with Crippen LogP contribution in [0.4, 0.5) is 0 Å². The van der Waals surface area contributed by atoms with Crippen molar-refractivity contribution in [2.75, 3.05) is 0 Å². The van der Waals surface area contributed by atoms with E-state index in [0.29, 0.717) is 0 Å². The molecule has 3 rings (SSSR count). The van der Waals surface area contributed by atoms with Crippen LogP contribution in [0, 0.1) is 25.2 Å². The van der Waals surface area contributed by atoms with E-state index in [1.54, 1.807) is 0 Å². The lowest BCUT2D eigenvalue weighted by Gasteiger charge is -2.25. The van der Waals surface area contributed by atoms with Crippen molar-refractivity contribution in [1.29, 1.82) is 5.26 Å². The topological polar surface area (TPSA) is 23.8 Å². The van der Waals surface area contributed by atoms with Gasteiger partial charge in [-0.3, -0.25) is 0 Å². The van der Waals surface area contributed by atoms with Crippen molar-refractivity contribution in [2.24, 2.45) is 0 Å². The summed E-state index contributed by atoms with van der Waals surface area (Å²) in [4.78, 5) is 0. The zero-order chi connectivity index (χ0) is 16.6.